The molecule has 4 rings (SSSR count). The fourth-order valence-corrected chi connectivity index (χ4v) is 4.65. The summed E-state index contributed by atoms with van der Waals surface area (Å²) in [4.78, 5) is 15.5. The van der Waals surface area contributed by atoms with Crippen LogP contribution in [0.2, 0.25) is 0 Å². The molecule has 4 aromatic rings. The summed E-state index contributed by atoms with van der Waals surface area (Å²) in [6.07, 6.45) is 3.44. The number of benzene rings is 2. The van der Waals surface area contributed by atoms with Crippen molar-refractivity contribution in [3.63, 3.8) is 0 Å². The molecule has 0 spiro atoms. The predicted octanol–water partition coefficient (Wildman–Crippen LogP) is 5.81. The molecule has 2 aromatic carbocycles. The fraction of sp³-hybridized carbons (Fsp3) is 0. The Morgan fingerprint density at radius 3 is 2.88 bits per heavy atom. The first-order chi connectivity index (χ1) is 12.5. The van der Waals surface area contributed by atoms with Crippen LogP contribution in [0.1, 0.15) is 16.1 Å². The van der Waals surface area contributed by atoms with E-state index in [2.05, 4.69) is 70.0 Å². The summed E-state index contributed by atoms with van der Waals surface area (Å²) < 4.78 is 8.51. The van der Waals surface area contributed by atoms with Crippen molar-refractivity contribution < 1.29 is 9.21 Å². The normalized spacial score (nSPS) is 11.7. The number of amides is 1. The van der Waals surface area contributed by atoms with Crippen LogP contribution in [0.15, 0.2) is 61.1 Å². The molecule has 2 N–H and O–H groups in total. The molecule has 2 heterocycles. The molecule has 0 aliphatic carbocycles. The van der Waals surface area contributed by atoms with E-state index in [1.165, 1.54) is 0 Å². The van der Waals surface area contributed by atoms with Crippen molar-refractivity contribution in [3.8, 4) is 0 Å². The molecule has 5 nitrogen and oxygen atoms in total. The number of carbonyl (C=O) groups excluding carboxylic acids is 1. The van der Waals surface area contributed by atoms with Gasteiger partial charge in [0, 0.05) is 37.0 Å². The van der Waals surface area contributed by atoms with Crippen LogP contribution in [0.25, 0.3) is 21.9 Å². The Morgan fingerprint density at radius 2 is 2.04 bits per heavy atom. The number of furan rings is 1. The molecule has 1 amide bonds. The highest BCUT2D eigenvalue weighted by Gasteiger charge is 2.14. The zero-order chi connectivity index (χ0) is 18.3. The maximum absolute atomic E-state index is 12.3. The summed E-state index contributed by atoms with van der Waals surface area (Å²) in [6, 6.07) is 11.5. The number of carbonyl (C=O) groups is 1. The number of halogens is 3. The highest BCUT2D eigenvalue weighted by Crippen LogP contribution is 2.28. The van der Waals surface area contributed by atoms with E-state index < -0.39 is 5.91 Å². The van der Waals surface area contributed by atoms with Crippen molar-refractivity contribution in [2.24, 2.45) is 5.10 Å². The smallest absolute Gasteiger partial charge is 0.307 e. The third-order valence-electron chi connectivity index (χ3n) is 3.81. The molecular weight excluding hydrogens is 577 g/mol. The minimum atomic E-state index is -0.398. The Kier molecular flexibility index (Phi) is 4.89. The Morgan fingerprint density at radius 1 is 1.19 bits per heavy atom. The van der Waals surface area contributed by atoms with Crippen molar-refractivity contribution in [3.05, 3.63) is 66.4 Å². The lowest BCUT2D eigenvalue weighted by atomic mass is 10.2. The number of rotatable bonds is 3. The van der Waals surface area contributed by atoms with Crippen molar-refractivity contribution in [2.45, 2.75) is 0 Å². The summed E-state index contributed by atoms with van der Waals surface area (Å²) in [5.41, 5.74) is 5.07. The van der Waals surface area contributed by atoms with Crippen LogP contribution in [0.3, 0.4) is 0 Å². The monoisotopic (exact) mass is 585 g/mol. The minimum absolute atomic E-state index is 0.217. The third-order valence-corrected chi connectivity index (χ3v) is 5.56. The predicted molar refractivity (Wildman–Crippen MR) is 118 cm³/mol. The second kappa shape index (κ2) is 7.16. The van der Waals surface area contributed by atoms with E-state index in [-0.39, 0.29) is 5.76 Å². The van der Waals surface area contributed by atoms with E-state index in [4.69, 9.17) is 4.42 Å². The number of hydrogen-bond donors (Lipinski definition) is 2. The van der Waals surface area contributed by atoms with E-state index in [0.717, 1.165) is 34.4 Å². The molecule has 0 unspecified atom stereocenters. The Balaban J connectivity index is 1.55. The number of hydrazone groups is 1. The van der Waals surface area contributed by atoms with E-state index in [0.29, 0.717) is 5.58 Å². The van der Waals surface area contributed by atoms with Crippen molar-refractivity contribution in [1.82, 2.24) is 10.4 Å². The Labute approximate surface area is 178 Å². The van der Waals surface area contributed by atoms with Gasteiger partial charge in [-0.15, -0.1) is 0 Å². The zero-order valence-electron chi connectivity index (χ0n) is 13.0. The van der Waals surface area contributed by atoms with Gasteiger partial charge in [-0.25, -0.2) is 5.43 Å². The summed E-state index contributed by atoms with van der Waals surface area (Å²) >= 11 is 9.07. The largest absolute Gasteiger partial charge is 0.450 e. The lowest BCUT2D eigenvalue weighted by molar-refractivity contribution is 0.0929. The summed E-state index contributed by atoms with van der Waals surface area (Å²) in [5.74, 6) is -0.180. The molecule has 0 radical (unpaired) electrons. The average molecular weight is 587 g/mol. The van der Waals surface area contributed by atoms with E-state index >= 15 is 0 Å². The Hall–Kier alpha value is -1.65. The second-order valence-electron chi connectivity index (χ2n) is 5.55. The van der Waals surface area contributed by atoms with Crippen LogP contribution in [-0.4, -0.2) is 17.1 Å². The highest BCUT2D eigenvalue weighted by molar-refractivity contribution is 14.1. The molecule has 0 saturated carbocycles. The molecule has 26 heavy (non-hydrogen) atoms. The van der Waals surface area contributed by atoms with Gasteiger partial charge in [0.2, 0.25) is 0 Å². The van der Waals surface area contributed by atoms with Crippen LogP contribution in [0.5, 0.6) is 0 Å². The van der Waals surface area contributed by atoms with Crippen LogP contribution in [-0.2, 0) is 0 Å². The van der Waals surface area contributed by atoms with Gasteiger partial charge in [-0.05, 0) is 59.0 Å². The quantitative estimate of drug-likeness (QED) is 0.181. The number of hydrogen-bond acceptors (Lipinski definition) is 3. The van der Waals surface area contributed by atoms with Gasteiger partial charge in [0.15, 0.2) is 5.76 Å². The minimum Gasteiger partial charge on any atom is -0.450 e. The van der Waals surface area contributed by atoms with Crippen LogP contribution >= 0.6 is 54.5 Å². The topological polar surface area (TPSA) is 70.4 Å². The van der Waals surface area contributed by atoms with Gasteiger partial charge in [0.1, 0.15) is 5.58 Å². The molecule has 130 valence electrons. The van der Waals surface area contributed by atoms with Gasteiger partial charge in [-0.1, -0.05) is 31.9 Å². The van der Waals surface area contributed by atoms with Crippen LogP contribution in [0.4, 0.5) is 0 Å². The molecule has 0 aliphatic rings. The number of H-pyrrole nitrogens is 1. The standard InChI is InChI=1S/C18H10Br2IN3O2/c19-11-1-2-15-13(5-11)10(7-22-15)8-23-24-18(25)16-4-9-3-12(20)6-14(21)17(9)26-16/h1-8,22H,(H,24,25)/b23-8-. The lowest BCUT2D eigenvalue weighted by Crippen LogP contribution is -2.16. The maximum Gasteiger partial charge on any atom is 0.307 e. The highest BCUT2D eigenvalue weighted by atomic mass is 127. The van der Waals surface area contributed by atoms with Gasteiger partial charge < -0.3 is 9.40 Å². The zero-order valence-corrected chi connectivity index (χ0v) is 18.3. The molecule has 0 bridgehead atoms. The molecular formula is C18H10Br2IN3O2. The summed E-state index contributed by atoms with van der Waals surface area (Å²) in [5, 5.41) is 5.92. The number of fused-ring (bicyclic) bond motifs is 2. The molecule has 0 fully saturated rings. The number of aromatic nitrogens is 1. The van der Waals surface area contributed by atoms with Gasteiger partial charge in [0.25, 0.3) is 0 Å². The van der Waals surface area contributed by atoms with Crippen LogP contribution < -0.4 is 5.43 Å². The first-order valence-electron chi connectivity index (χ1n) is 7.50. The van der Waals surface area contributed by atoms with Gasteiger partial charge in [-0.2, -0.15) is 5.10 Å². The third kappa shape index (κ3) is 3.45. The number of nitrogens with one attached hydrogen (secondary N) is 2. The van der Waals surface area contributed by atoms with E-state index in [1.54, 1.807) is 12.3 Å². The Bertz CT molecular complexity index is 1180. The second-order valence-corrected chi connectivity index (χ2v) is 8.54. The number of nitrogens with zero attached hydrogens (tertiary/aromatic N) is 1. The lowest BCUT2D eigenvalue weighted by Gasteiger charge is -1.96. The molecule has 2 aromatic heterocycles. The summed E-state index contributed by atoms with van der Waals surface area (Å²) in [6.45, 7) is 0. The van der Waals surface area contributed by atoms with E-state index in [9.17, 15) is 4.79 Å². The van der Waals surface area contributed by atoms with Gasteiger partial charge in [-0.3, -0.25) is 4.79 Å². The molecule has 8 heteroatoms. The SMILES string of the molecule is O=C(N/N=C\c1c[nH]c2ccc(Br)cc12)c1cc2cc(Br)cc(I)c2o1. The van der Waals surface area contributed by atoms with Crippen molar-refractivity contribution in [2.75, 3.05) is 0 Å². The van der Waals surface area contributed by atoms with Crippen LogP contribution in [0, 0.1) is 3.57 Å². The van der Waals surface area contributed by atoms with Gasteiger partial charge in [0.05, 0.1) is 9.78 Å². The average Bonchev–Trinajstić information content (AvgIpc) is 3.19. The summed E-state index contributed by atoms with van der Waals surface area (Å²) in [7, 11) is 0. The molecule has 0 atom stereocenters. The van der Waals surface area contributed by atoms with E-state index in [1.807, 2.05) is 36.5 Å². The maximum atomic E-state index is 12.3. The molecule has 0 saturated heterocycles. The number of aromatic amines is 1. The molecule has 0 aliphatic heterocycles. The first-order valence-corrected chi connectivity index (χ1v) is 10.2. The fourth-order valence-electron chi connectivity index (χ4n) is 2.62. The van der Waals surface area contributed by atoms with Crippen molar-refractivity contribution in [1.29, 1.82) is 0 Å². The first kappa shape index (κ1) is 17.7. The van der Waals surface area contributed by atoms with Gasteiger partial charge >= 0.3 is 5.91 Å². The van der Waals surface area contributed by atoms with Crippen molar-refractivity contribution >= 4 is 88.4 Å².